The van der Waals surface area contributed by atoms with Gasteiger partial charge in [-0.25, -0.2) is 9.55 Å². The van der Waals surface area contributed by atoms with Crippen molar-refractivity contribution >= 4 is 45.6 Å². The molecule has 5 heteroatoms. The number of nitrogens with one attached hydrogen (secondary N) is 1. The lowest BCUT2D eigenvalue weighted by molar-refractivity contribution is -0.663. The third-order valence-electron chi connectivity index (χ3n) is 3.83. The van der Waals surface area contributed by atoms with Crippen LogP contribution >= 0.6 is 34.5 Å². The number of para-hydroxylation sites is 2. The quantitative estimate of drug-likeness (QED) is 0.545. The molecular weight excluding hydrogens is 311 g/mol. The Morgan fingerprint density at radius 2 is 2.05 bits per heavy atom. The maximum absolute atomic E-state index is 6.20. The summed E-state index contributed by atoms with van der Waals surface area (Å²) in [5.41, 5.74) is 2.35. The molecule has 0 saturated heterocycles. The highest BCUT2D eigenvalue weighted by Gasteiger charge is 2.53. The zero-order valence-electron chi connectivity index (χ0n) is 10.6. The molecule has 0 spiro atoms. The summed E-state index contributed by atoms with van der Waals surface area (Å²) in [5, 5.41) is 2.09. The Balaban J connectivity index is 1.85. The maximum Gasteiger partial charge on any atom is 0.297 e. The molecule has 4 rings (SSSR count). The predicted octanol–water partition coefficient (Wildman–Crippen LogP) is 4.38. The van der Waals surface area contributed by atoms with Gasteiger partial charge in [-0.1, -0.05) is 18.2 Å². The number of alkyl halides is 2. The molecule has 0 amide bonds. The summed E-state index contributed by atoms with van der Waals surface area (Å²) < 4.78 is 1.76. The molecule has 1 saturated carbocycles. The van der Waals surface area contributed by atoms with Crippen LogP contribution in [0.4, 0.5) is 0 Å². The van der Waals surface area contributed by atoms with E-state index in [0.717, 1.165) is 24.3 Å². The first-order chi connectivity index (χ1) is 9.65. The molecule has 20 heavy (non-hydrogen) atoms. The number of imidazole rings is 1. The Hall–Kier alpha value is -1.03. The van der Waals surface area contributed by atoms with Gasteiger partial charge in [0.25, 0.3) is 5.82 Å². The third-order valence-corrected chi connectivity index (χ3v) is 5.63. The number of hydrogen-bond donors (Lipinski definition) is 1. The third kappa shape index (κ3) is 2.05. The summed E-state index contributed by atoms with van der Waals surface area (Å²) >= 11 is 14.1. The number of nitrogens with zero attached hydrogens (tertiary/aromatic N) is 1. The Kier molecular flexibility index (Phi) is 2.85. The van der Waals surface area contributed by atoms with Gasteiger partial charge in [0.05, 0.1) is 6.54 Å². The summed E-state index contributed by atoms with van der Waals surface area (Å²) in [6.07, 6.45) is 0.868. The standard InChI is InChI=1S/C15H12Cl2N2S/c16-15(17)8-10(15)9-19-12-5-2-1-4-11(12)18-14(19)13-6-3-7-20-13/h1-7,10H,8-9H2/p+1. The van der Waals surface area contributed by atoms with Crippen LogP contribution in [-0.2, 0) is 6.54 Å². The Morgan fingerprint density at radius 3 is 2.75 bits per heavy atom. The molecule has 0 radical (unpaired) electrons. The molecule has 1 N–H and O–H groups in total. The van der Waals surface area contributed by atoms with Crippen LogP contribution in [0.2, 0.25) is 0 Å². The highest BCUT2D eigenvalue weighted by atomic mass is 35.5. The molecule has 1 unspecified atom stereocenters. The smallest absolute Gasteiger partial charge is 0.236 e. The minimum Gasteiger partial charge on any atom is -0.236 e. The summed E-state index contributed by atoms with van der Waals surface area (Å²) in [6, 6.07) is 12.5. The van der Waals surface area contributed by atoms with Crippen molar-refractivity contribution in [3.8, 4) is 10.7 Å². The second-order valence-electron chi connectivity index (χ2n) is 5.24. The number of rotatable bonds is 3. The highest BCUT2D eigenvalue weighted by molar-refractivity contribution is 7.13. The fraction of sp³-hybridized carbons (Fsp3) is 0.267. The van der Waals surface area contributed by atoms with Crippen molar-refractivity contribution in [2.75, 3.05) is 0 Å². The molecule has 102 valence electrons. The predicted molar refractivity (Wildman–Crippen MR) is 84.4 cm³/mol. The number of aromatic amines is 1. The van der Waals surface area contributed by atoms with E-state index in [1.165, 1.54) is 10.4 Å². The first-order valence-corrected chi connectivity index (χ1v) is 8.21. The van der Waals surface area contributed by atoms with Gasteiger partial charge >= 0.3 is 0 Å². The van der Waals surface area contributed by atoms with Crippen molar-refractivity contribution in [3.05, 3.63) is 41.8 Å². The molecule has 0 aliphatic heterocycles. The zero-order chi connectivity index (χ0) is 13.7. The Morgan fingerprint density at radius 1 is 1.25 bits per heavy atom. The van der Waals surface area contributed by atoms with Gasteiger partial charge in [-0.3, -0.25) is 0 Å². The van der Waals surface area contributed by atoms with Crippen molar-refractivity contribution in [3.63, 3.8) is 0 Å². The molecule has 2 aromatic heterocycles. The number of benzene rings is 1. The highest BCUT2D eigenvalue weighted by Crippen LogP contribution is 2.53. The van der Waals surface area contributed by atoms with Crippen LogP contribution in [-0.4, -0.2) is 9.32 Å². The fourth-order valence-corrected chi connectivity index (χ4v) is 3.86. The molecule has 1 atom stereocenters. The van der Waals surface area contributed by atoms with Gasteiger partial charge in [0.2, 0.25) is 0 Å². The second kappa shape index (κ2) is 4.48. The van der Waals surface area contributed by atoms with Crippen LogP contribution in [0, 0.1) is 5.92 Å². The number of halogens is 2. The fourth-order valence-electron chi connectivity index (χ4n) is 2.62. The lowest BCUT2D eigenvalue weighted by atomic mass is 10.3. The summed E-state index contributed by atoms with van der Waals surface area (Å²) in [6.45, 7) is 0.851. The molecule has 1 aliphatic rings. The largest absolute Gasteiger partial charge is 0.297 e. The minimum absolute atomic E-state index is 0.328. The van der Waals surface area contributed by atoms with Crippen LogP contribution in [0.5, 0.6) is 0 Å². The van der Waals surface area contributed by atoms with Crippen molar-refractivity contribution in [1.29, 1.82) is 0 Å². The topological polar surface area (TPSA) is 19.7 Å². The number of hydrogen-bond acceptors (Lipinski definition) is 1. The van der Waals surface area contributed by atoms with E-state index in [0.29, 0.717) is 5.92 Å². The molecular formula is C15H13Cl2N2S+. The van der Waals surface area contributed by atoms with Crippen molar-refractivity contribution in [2.45, 2.75) is 17.3 Å². The van der Waals surface area contributed by atoms with Crippen molar-refractivity contribution < 1.29 is 4.57 Å². The molecule has 2 heterocycles. The maximum atomic E-state index is 6.20. The van der Waals surface area contributed by atoms with Gasteiger partial charge in [0.15, 0.2) is 11.0 Å². The van der Waals surface area contributed by atoms with Gasteiger partial charge in [0, 0.05) is 5.92 Å². The lowest BCUT2D eigenvalue weighted by Crippen LogP contribution is -2.36. The van der Waals surface area contributed by atoms with Crippen molar-refractivity contribution in [1.82, 2.24) is 4.98 Å². The van der Waals surface area contributed by atoms with Gasteiger partial charge < -0.3 is 0 Å². The Bertz CT molecular complexity index is 761. The van der Waals surface area contributed by atoms with Gasteiger partial charge in [0.1, 0.15) is 9.21 Å². The average Bonchev–Trinajstić information content (AvgIpc) is 2.87. The number of fused-ring (bicyclic) bond motifs is 1. The molecule has 1 aromatic carbocycles. The van der Waals surface area contributed by atoms with Crippen LogP contribution in [0.3, 0.4) is 0 Å². The first-order valence-electron chi connectivity index (χ1n) is 6.57. The van der Waals surface area contributed by atoms with E-state index in [4.69, 9.17) is 23.2 Å². The normalized spacial score (nSPS) is 20.4. The van der Waals surface area contributed by atoms with Crippen molar-refractivity contribution in [2.24, 2.45) is 5.92 Å². The molecule has 2 nitrogen and oxygen atoms in total. The van der Waals surface area contributed by atoms with E-state index >= 15 is 0 Å². The first kappa shape index (κ1) is 12.7. The van der Waals surface area contributed by atoms with E-state index in [9.17, 15) is 0 Å². The SMILES string of the molecule is ClC1(Cl)CC1C[n+]1c(-c2cccs2)[nH]c2ccccc21. The monoisotopic (exact) mass is 323 g/mol. The average molecular weight is 324 g/mol. The zero-order valence-corrected chi connectivity index (χ0v) is 13.0. The Labute approximate surface area is 131 Å². The van der Waals surface area contributed by atoms with E-state index in [1.54, 1.807) is 11.3 Å². The van der Waals surface area contributed by atoms with E-state index in [-0.39, 0.29) is 0 Å². The van der Waals surface area contributed by atoms with Crippen LogP contribution in [0.1, 0.15) is 6.42 Å². The molecule has 0 bridgehead atoms. The van der Waals surface area contributed by atoms with Crippen LogP contribution in [0.15, 0.2) is 41.8 Å². The van der Waals surface area contributed by atoms with Gasteiger partial charge in [-0.15, -0.1) is 34.5 Å². The second-order valence-corrected chi connectivity index (χ2v) is 7.73. The lowest BCUT2D eigenvalue weighted by Gasteiger charge is -2.01. The van der Waals surface area contributed by atoms with Gasteiger partial charge in [-0.05, 0) is 30.0 Å². The van der Waals surface area contributed by atoms with Crippen LogP contribution < -0.4 is 4.57 Å². The van der Waals surface area contributed by atoms with Crippen LogP contribution in [0.25, 0.3) is 21.7 Å². The minimum atomic E-state index is -0.544. The number of H-pyrrole nitrogens is 1. The number of thiophene rings is 1. The summed E-state index contributed by atoms with van der Waals surface area (Å²) in [5.74, 6) is 1.46. The summed E-state index contributed by atoms with van der Waals surface area (Å²) in [4.78, 5) is 4.75. The molecule has 1 fully saturated rings. The van der Waals surface area contributed by atoms with E-state index in [2.05, 4.69) is 45.3 Å². The molecule has 1 aliphatic carbocycles. The summed E-state index contributed by atoms with van der Waals surface area (Å²) in [7, 11) is 0. The number of aromatic nitrogens is 2. The van der Waals surface area contributed by atoms with E-state index in [1.807, 2.05) is 6.07 Å². The molecule has 3 aromatic rings. The van der Waals surface area contributed by atoms with Gasteiger partial charge in [-0.2, -0.15) is 0 Å². The van der Waals surface area contributed by atoms with E-state index < -0.39 is 4.33 Å².